The van der Waals surface area contributed by atoms with Crippen molar-refractivity contribution in [1.82, 2.24) is 9.03 Å². The molecule has 0 radical (unpaired) electrons. The SMILES string of the molecule is O=C1OCCN1S(O)(P)NCc1ccc(Cl)c(Cl)c1. The van der Waals surface area contributed by atoms with Crippen LogP contribution in [0.1, 0.15) is 5.56 Å². The van der Waals surface area contributed by atoms with Gasteiger partial charge < -0.3 is 9.29 Å². The summed E-state index contributed by atoms with van der Waals surface area (Å²) >= 11 is 11.7. The van der Waals surface area contributed by atoms with Crippen LogP contribution in [0.25, 0.3) is 0 Å². The number of carbonyl (C=O) groups is 1. The molecule has 0 bridgehead atoms. The predicted molar refractivity (Wildman–Crippen MR) is 81.3 cm³/mol. The number of carbonyl (C=O) groups excluding carboxylic acids is 1. The minimum atomic E-state index is -2.48. The highest BCUT2D eigenvalue weighted by atomic mass is 35.5. The minimum Gasteiger partial charge on any atom is -0.447 e. The zero-order chi connectivity index (χ0) is 14.0. The van der Waals surface area contributed by atoms with Gasteiger partial charge in [0.25, 0.3) is 0 Å². The molecule has 0 spiro atoms. The summed E-state index contributed by atoms with van der Waals surface area (Å²) in [5, 5.41) is 0.922. The third-order valence-electron chi connectivity index (χ3n) is 2.53. The van der Waals surface area contributed by atoms with Crippen molar-refractivity contribution in [1.29, 1.82) is 0 Å². The Morgan fingerprint density at radius 3 is 2.79 bits per heavy atom. The number of hydrogen-bond acceptors (Lipinski definition) is 4. The fourth-order valence-electron chi connectivity index (χ4n) is 1.55. The van der Waals surface area contributed by atoms with E-state index in [-0.39, 0.29) is 6.61 Å². The number of rotatable bonds is 4. The van der Waals surface area contributed by atoms with Gasteiger partial charge in [-0.05, 0) is 26.1 Å². The molecule has 1 fully saturated rings. The minimum absolute atomic E-state index is 0.289. The quantitative estimate of drug-likeness (QED) is 0.823. The van der Waals surface area contributed by atoms with Crippen LogP contribution in [-0.4, -0.2) is 28.1 Å². The average molecular weight is 343 g/mol. The summed E-state index contributed by atoms with van der Waals surface area (Å²) in [4.78, 5) is 11.4. The molecule has 0 aliphatic carbocycles. The molecule has 2 rings (SSSR count). The van der Waals surface area contributed by atoms with Gasteiger partial charge in [0, 0.05) is 16.8 Å². The highest BCUT2D eigenvalue weighted by Crippen LogP contribution is 2.52. The Bertz CT molecular complexity index is 504. The molecule has 1 aromatic rings. The lowest BCUT2D eigenvalue weighted by Crippen LogP contribution is -2.33. The molecule has 1 amide bonds. The van der Waals surface area contributed by atoms with Gasteiger partial charge in [0.2, 0.25) is 0 Å². The molecule has 0 aromatic heterocycles. The molecule has 2 N–H and O–H groups in total. The van der Waals surface area contributed by atoms with Crippen LogP contribution < -0.4 is 4.72 Å². The summed E-state index contributed by atoms with van der Waals surface area (Å²) in [6, 6.07) is 5.19. The zero-order valence-corrected chi connectivity index (χ0v) is 13.3. The molecule has 1 aliphatic rings. The maximum Gasteiger partial charge on any atom is 0.421 e. The van der Waals surface area contributed by atoms with Crippen molar-refractivity contribution in [2.24, 2.45) is 0 Å². The van der Waals surface area contributed by atoms with Gasteiger partial charge in [0.1, 0.15) is 6.61 Å². The van der Waals surface area contributed by atoms with Crippen molar-refractivity contribution < 1.29 is 14.1 Å². The van der Waals surface area contributed by atoms with Crippen LogP contribution in [0.15, 0.2) is 18.2 Å². The van der Waals surface area contributed by atoms with Crippen molar-refractivity contribution in [3.05, 3.63) is 33.8 Å². The lowest BCUT2D eigenvalue weighted by molar-refractivity contribution is 0.170. The van der Waals surface area contributed by atoms with E-state index in [0.29, 0.717) is 23.1 Å². The van der Waals surface area contributed by atoms with E-state index in [0.717, 1.165) is 5.56 Å². The van der Waals surface area contributed by atoms with E-state index in [9.17, 15) is 9.35 Å². The molecule has 1 aliphatic heterocycles. The molecule has 5 nitrogen and oxygen atoms in total. The summed E-state index contributed by atoms with van der Waals surface area (Å²) < 4.78 is 19.3. The Hall–Kier alpha value is -0.230. The fraction of sp³-hybridized carbons (Fsp3) is 0.300. The number of amides is 1. The molecular formula is C10H13Cl2N2O3PS. The van der Waals surface area contributed by atoms with E-state index in [1.54, 1.807) is 18.2 Å². The number of ether oxygens (including phenoxy) is 1. The molecule has 9 heteroatoms. The first-order valence-electron chi connectivity index (χ1n) is 5.36. The van der Waals surface area contributed by atoms with Crippen LogP contribution in [0.5, 0.6) is 0 Å². The standard InChI is InChI=1S/C10H13Cl2N2O3PS/c11-8-2-1-7(5-9(8)12)6-13-19(16,18)14-3-4-17-10(14)15/h1-2,5,13,16H,3-4,6,18H2. The molecule has 0 saturated carbocycles. The number of nitrogens with zero attached hydrogens (tertiary/aromatic N) is 1. The van der Waals surface area contributed by atoms with Gasteiger partial charge in [-0.15, -0.1) is 0 Å². The van der Waals surface area contributed by atoms with Crippen LogP contribution in [-0.2, 0) is 11.3 Å². The topological polar surface area (TPSA) is 61.8 Å². The zero-order valence-electron chi connectivity index (χ0n) is 9.81. The summed E-state index contributed by atoms with van der Waals surface area (Å²) in [5.74, 6) is 0. The van der Waals surface area contributed by atoms with Crippen molar-refractivity contribution in [3.63, 3.8) is 0 Å². The van der Waals surface area contributed by atoms with Gasteiger partial charge in [0.05, 0.1) is 16.6 Å². The average Bonchev–Trinajstić information content (AvgIpc) is 2.78. The van der Waals surface area contributed by atoms with E-state index in [2.05, 4.69) is 13.2 Å². The van der Waals surface area contributed by atoms with Crippen LogP contribution in [0, 0.1) is 0 Å². The third-order valence-corrected chi connectivity index (χ3v) is 6.11. The summed E-state index contributed by atoms with van der Waals surface area (Å²) in [6.45, 7) is 1.01. The van der Waals surface area contributed by atoms with Crippen LogP contribution in [0.2, 0.25) is 10.0 Å². The van der Waals surface area contributed by atoms with Crippen molar-refractivity contribution >= 4 is 48.0 Å². The van der Waals surface area contributed by atoms with Crippen molar-refractivity contribution in [2.75, 3.05) is 13.2 Å². The lowest BCUT2D eigenvalue weighted by Gasteiger charge is -2.36. The van der Waals surface area contributed by atoms with Gasteiger partial charge in [0.15, 0.2) is 0 Å². The number of halogens is 2. The number of benzene rings is 1. The monoisotopic (exact) mass is 342 g/mol. The van der Waals surface area contributed by atoms with E-state index in [1.807, 2.05) is 0 Å². The Balaban J connectivity index is 2.00. The van der Waals surface area contributed by atoms with Gasteiger partial charge in [-0.3, -0.25) is 0 Å². The lowest BCUT2D eigenvalue weighted by atomic mass is 10.2. The Labute approximate surface area is 124 Å². The highest BCUT2D eigenvalue weighted by molar-refractivity contribution is 8.62. The molecule has 106 valence electrons. The first-order valence-corrected chi connectivity index (χ1v) is 9.14. The molecule has 1 heterocycles. The molecule has 19 heavy (non-hydrogen) atoms. The van der Waals surface area contributed by atoms with Gasteiger partial charge >= 0.3 is 6.09 Å². The second-order valence-corrected chi connectivity index (χ2v) is 8.58. The van der Waals surface area contributed by atoms with Crippen LogP contribution in [0.3, 0.4) is 0 Å². The Kier molecular flexibility index (Phi) is 4.82. The molecule has 2 atom stereocenters. The van der Waals surface area contributed by atoms with Gasteiger partial charge in [-0.1, -0.05) is 29.3 Å². The number of cyclic esters (lactones) is 1. The van der Waals surface area contributed by atoms with Crippen molar-refractivity contribution in [2.45, 2.75) is 6.54 Å². The molecular weight excluding hydrogens is 330 g/mol. The highest BCUT2D eigenvalue weighted by Gasteiger charge is 2.34. The van der Waals surface area contributed by atoms with E-state index in [4.69, 9.17) is 27.9 Å². The third kappa shape index (κ3) is 3.66. The summed E-state index contributed by atoms with van der Waals surface area (Å²) in [5.41, 5.74) is 0.857. The summed E-state index contributed by atoms with van der Waals surface area (Å²) in [6.07, 6.45) is -0.519. The normalized spacial score (nSPS) is 20.0. The Morgan fingerprint density at radius 1 is 1.47 bits per heavy atom. The number of hydrogen-bond donors (Lipinski definition) is 2. The molecule has 1 saturated heterocycles. The van der Waals surface area contributed by atoms with Gasteiger partial charge in [-0.2, -0.15) is 0 Å². The maximum atomic E-state index is 11.4. The smallest absolute Gasteiger partial charge is 0.421 e. The first kappa shape index (κ1) is 15.2. The maximum absolute atomic E-state index is 11.4. The fourth-order valence-corrected chi connectivity index (χ4v) is 3.86. The van der Waals surface area contributed by atoms with Crippen molar-refractivity contribution in [3.8, 4) is 0 Å². The molecule has 2 unspecified atom stereocenters. The second-order valence-electron chi connectivity index (χ2n) is 3.88. The van der Waals surface area contributed by atoms with E-state index >= 15 is 0 Å². The number of nitrogens with one attached hydrogen (secondary N) is 1. The Morgan fingerprint density at radius 2 is 2.21 bits per heavy atom. The van der Waals surface area contributed by atoms with Crippen LogP contribution >= 0.6 is 41.9 Å². The van der Waals surface area contributed by atoms with E-state index < -0.39 is 16.4 Å². The van der Waals surface area contributed by atoms with Gasteiger partial charge in [-0.25, -0.2) is 13.8 Å². The van der Waals surface area contributed by atoms with Crippen LogP contribution in [0.4, 0.5) is 4.79 Å². The largest absolute Gasteiger partial charge is 0.447 e. The molecule has 1 aromatic carbocycles. The second kappa shape index (κ2) is 6.04. The predicted octanol–water partition coefficient (Wildman–Crippen LogP) is 3.43. The first-order chi connectivity index (χ1) is 8.90. The van der Waals surface area contributed by atoms with E-state index in [1.165, 1.54) is 4.31 Å². The summed E-state index contributed by atoms with van der Waals surface area (Å²) in [7, 11) is -0.210.